The van der Waals surface area contributed by atoms with E-state index in [0.29, 0.717) is 17.1 Å². The van der Waals surface area contributed by atoms with E-state index in [1.54, 1.807) is 30.3 Å². The number of hydrogen-bond donors (Lipinski definition) is 2. The molecule has 6 nitrogen and oxygen atoms in total. The van der Waals surface area contributed by atoms with Gasteiger partial charge in [-0.15, -0.1) is 0 Å². The summed E-state index contributed by atoms with van der Waals surface area (Å²) in [5.41, 5.74) is 3.44. The lowest BCUT2D eigenvalue weighted by atomic mass is 9.87. The maximum atomic E-state index is 13.4. The van der Waals surface area contributed by atoms with E-state index in [1.807, 2.05) is 24.3 Å². The molecule has 0 fully saturated rings. The van der Waals surface area contributed by atoms with Gasteiger partial charge in [-0.2, -0.15) is 0 Å². The third-order valence-electron chi connectivity index (χ3n) is 5.98. The Kier molecular flexibility index (Phi) is 7.01. The number of amides is 3. The normalized spacial score (nSPS) is 15.4. The van der Waals surface area contributed by atoms with Crippen LogP contribution in [0.3, 0.4) is 0 Å². The second kappa shape index (κ2) is 10.2. The van der Waals surface area contributed by atoms with Crippen molar-refractivity contribution in [2.75, 3.05) is 15.5 Å². The Hall–Kier alpha value is -4.26. The lowest BCUT2D eigenvalue weighted by Gasteiger charge is -2.35. The Morgan fingerprint density at radius 1 is 1.00 bits per heavy atom. The summed E-state index contributed by atoms with van der Waals surface area (Å²) in [7, 11) is 0. The van der Waals surface area contributed by atoms with Crippen LogP contribution in [-0.4, -0.2) is 23.8 Å². The van der Waals surface area contributed by atoms with Gasteiger partial charge >= 0.3 is 0 Å². The highest BCUT2D eigenvalue weighted by atomic mass is 19.1. The maximum absolute atomic E-state index is 13.4. The molecule has 3 aromatic carbocycles. The number of carbonyl (C=O) groups excluding carboxylic acids is 3. The smallest absolute Gasteiger partial charge is 0.251 e. The fourth-order valence-corrected chi connectivity index (χ4v) is 4.01. The van der Waals surface area contributed by atoms with Crippen LogP contribution >= 0.6 is 0 Å². The number of fused-ring (bicyclic) bond motifs is 1. The van der Waals surface area contributed by atoms with Gasteiger partial charge in [-0.1, -0.05) is 57.2 Å². The molecule has 4 rings (SSSR count). The molecule has 0 bridgehead atoms. The lowest BCUT2D eigenvalue weighted by molar-refractivity contribution is -0.124. The number of para-hydroxylation sites is 2. The maximum Gasteiger partial charge on any atom is 0.251 e. The van der Waals surface area contributed by atoms with Crippen LogP contribution in [0.4, 0.5) is 21.5 Å². The fourth-order valence-electron chi connectivity index (χ4n) is 4.01. The predicted molar refractivity (Wildman–Crippen MR) is 140 cm³/mol. The first kappa shape index (κ1) is 24.9. The average molecular weight is 486 g/mol. The van der Waals surface area contributed by atoms with Gasteiger partial charge in [0.15, 0.2) is 0 Å². The first-order valence-corrected chi connectivity index (χ1v) is 11.7. The van der Waals surface area contributed by atoms with Crippen molar-refractivity contribution in [3.8, 4) is 0 Å². The Bertz CT molecular complexity index is 1310. The standard InChI is InChI=1S/C29H28FN3O3/c1-29(2,3)20-11-8-19(9-12-20)10-17-27(35)33-24-7-5-4-6-23(24)32-28(36)25(33)18-26(34)31-22-15-13-21(30)14-16-22/h4-17,25H,18H2,1-3H3,(H,31,34)(H,32,36)/b17-10+/t25-/m0/s1. The molecule has 184 valence electrons. The summed E-state index contributed by atoms with van der Waals surface area (Å²) in [4.78, 5) is 40.4. The minimum Gasteiger partial charge on any atom is -0.326 e. The highest BCUT2D eigenvalue weighted by molar-refractivity contribution is 6.16. The van der Waals surface area contributed by atoms with Crippen molar-refractivity contribution < 1.29 is 18.8 Å². The lowest BCUT2D eigenvalue weighted by Crippen LogP contribution is -2.52. The van der Waals surface area contributed by atoms with Gasteiger partial charge in [0.1, 0.15) is 11.9 Å². The number of carbonyl (C=O) groups is 3. The first-order valence-electron chi connectivity index (χ1n) is 11.7. The number of halogens is 1. The molecule has 0 aromatic heterocycles. The Balaban J connectivity index is 1.57. The number of rotatable bonds is 5. The van der Waals surface area contributed by atoms with Crippen LogP contribution < -0.4 is 15.5 Å². The molecule has 0 unspecified atom stereocenters. The van der Waals surface area contributed by atoms with Gasteiger partial charge in [-0.3, -0.25) is 19.3 Å². The van der Waals surface area contributed by atoms with Gasteiger partial charge < -0.3 is 10.6 Å². The largest absolute Gasteiger partial charge is 0.326 e. The van der Waals surface area contributed by atoms with Crippen molar-refractivity contribution in [2.24, 2.45) is 0 Å². The first-order chi connectivity index (χ1) is 17.1. The highest BCUT2D eigenvalue weighted by Gasteiger charge is 2.37. The average Bonchev–Trinajstić information content (AvgIpc) is 2.84. The van der Waals surface area contributed by atoms with Crippen molar-refractivity contribution in [1.29, 1.82) is 0 Å². The molecule has 1 aliphatic rings. The molecule has 3 amide bonds. The second-order valence-electron chi connectivity index (χ2n) is 9.69. The topological polar surface area (TPSA) is 78.5 Å². The number of nitrogens with one attached hydrogen (secondary N) is 2. The minimum absolute atomic E-state index is 0.0185. The molecule has 2 N–H and O–H groups in total. The molecular weight excluding hydrogens is 457 g/mol. The van der Waals surface area contributed by atoms with Crippen LogP contribution in [0.25, 0.3) is 6.08 Å². The van der Waals surface area contributed by atoms with Crippen LogP contribution in [0, 0.1) is 5.82 Å². The SMILES string of the molecule is CC(C)(C)c1ccc(/C=C/C(=O)N2c3ccccc3NC(=O)[C@@H]2CC(=O)Nc2ccc(F)cc2)cc1. The van der Waals surface area contributed by atoms with E-state index in [2.05, 4.69) is 31.4 Å². The molecule has 7 heteroatoms. The second-order valence-corrected chi connectivity index (χ2v) is 9.69. The van der Waals surface area contributed by atoms with E-state index >= 15 is 0 Å². The van der Waals surface area contributed by atoms with Crippen molar-refractivity contribution in [3.05, 3.63) is 95.8 Å². The van der Waals surface area contributed by atoms with Crippen LogP contribution in [0.2, 0.25) is 0 Å². The summed E-state index contributed by atoms with van der Waals surface area (Å²) in [6.07, 6.45) is 2.84. The van der Waals surface area contributed by atoms with Gasteiger partial charge in [-0.05, 0) is 59.0 Å². The van der Waals surface area contributed by atoms with Gasteiger partial charge in [0.2, 0.25) is 11.8 Å². The molecule has 0 saturated heterocycles. The number of hydrogen-bond acceptors (Lipinski definition) is 3. The number of nitrogens with zero attached hydrogens (tertiary/aromatic N) is 1. The zero-order chi connectivity index (χ0) is 25.9. The quantitative estimate of drug-likeness (QED) is 0.467. The molecule has 3 aromatic rings. The van der Waals surface area contributed by atoms with E-state index in [-0.39, 0.29) is 11.8 Å². The number of anilines is 3. The molecular formula is C29H28FN3O3. The Labute approximate surface area is 209 Å². The van der Waals surface area contributed by atoms with E-state index < -0.39 is 29.6 Å². The molecule has 0 aliphatic carbocycles. The van der Waals surface area contributed by atoms with Gasteiger partial charge in [0.05, 0.1) is 17.8 Å². The van der Waals surface area contributed by atoms with Crippen LogP contribution in [0.15, 0.2) is 78.9 Å². The van der Waals surface area contributed by atoms with Crippen LogP contribution in [0.1, 0.15) is 38.3 Å². The van der Waals surface area contributed by atoms with E-state index in [1.165, 1.54) is 40.8 Å². The third kappa shape index (κ3) is 5.68. The van der Waals surface area contributed by atoms with Gasteiger partial charge in [0.25, 0.3) is 5.91 Å². The fraction of sp³-hybridized carbons (Fsp3) is 0.207. The van der Waals surface area contributed by atoms with Crippen molar-refractivity contribution in [2.45, 2.75) is 38.6 Å². The molecule has 1 atom stereocenters. The minimum atomic E-state index is -1.05. The third-order valence-corrected chi connectivity index (χ3v) is 5.98. The summed E-state index contributed by atoms with van der Waals surface area (Å²) in [6, 6.07) is 19.1. The monoisotopic (exact) mass is 485 g/mol. The Morgan fingerprint density at radius 2 is 1.67 bits per heavy atom. The summed E-state index contributed by atoms with van der Waals surface area (Å²) in [5.74, 6) is -1.77. The summed E-state index contributed by atoms with van der Waals surface area (Å²) >= 11 is 0. The van der Waals surface area contributed by atoms with E-state index in [0.717, 1.165) is 5.56 Å². The van der Waals surface area contributed by atoms with Crippen molar-refractivity contribution >= 4 is 40.9 Å². The molecule has 0 radical (unpaired) electrons. The Morgan fingerprint density at radius 3 is 2.33 bits per heavy atom. The molecule has 0 spiro atoms. The molecule has 36 heavy (non-hydrogen) atoms. The molecule has 1 aliphatic heterocycles. The number of benzene rings is 3. The predicted octanol–water partition coefficient (Wildman–Crippen LogP) is 5.52. The van der Waals surface area contributed by atoms with Gasteiger partial charge in [0, 0.05) is 11.8 Å². The highest BCUT2D eigenvalue weighted by Crippen LogP contribution is 2.33. The zero-order valence-corrected chi connectivity index (χ0v) is 20.4. The van der Waals surface area contributed by atoms with Crippen LogP contribution in [-0.2, 0) is 19.8 Å². The zero-order valence-electron chi connectivity index (χ0n) is 20.4. The van der Waals surface area contributed by atoms with Crippen molar-refractivity contribution in [1.82, 2.24) is 0 Å². The molecule has 0 saturated carbocycles. The summed E-state index contributed by atoms with van der Waals surface area (Å²) in [5, 5.41) is 5.43. The van der Waals surface area contributed by atoms with Gasteiger partial charge in [-0.25, -0.2) is 4.39 Å². The van der Waals surface area contributed by atoms with E-state index in [4.69, 9.17) is 0 Å². The van der Waals surface area contributed by atoms with Crippen LogP contribution in [0.5, 0.6) is 0 Å². The van der Waals surface area contributed by atoms with Crippen molar-refractivity contribution in [3.63, 3.8) is 0 Å². The van der Waals surface area contributed by atoms with E-state index in [9.17, 15) is 18.8 Å². The summed E-state index contributed by atoms with van der Waals surface area (Å²) < 4.78 is 13.2. The summed E-state index contributed by atoms with van der Waals surface area (Å²) in [6.45, 7) is 6.39. The molecule has 1 heterocycles.